The second-order valence-electron chi connectivity index (χ2n) is 3.83. The topological polar surface area (TPSA) is 40.5 Å². The van der Waals surface area contributed by atoms with E-state index >= 15 is 0 Å². The van der Waals surface area contributed by atoms with Gasteiger partial charge in [0.2, 0.25) is 0 Å². The van der Waals surface area contributed by atoms with Crippen LogP contribution in [0.5, 0.6) is 0 Å². The molecule has 0 aromatic rings. The summed E-state index contributed by atoms with van der Waals surface area (Å²) in [7, 11) is 0. The lowest BCUT2D eigenvalue weighted by Gasteiger charge is -2.30. The Balaban J connectivity index is 2.29. The van der Waals surface area contributed by atoms with Crippen molar-refractivity contribution < 1.29 is 9.90 Å². The fraction of sp³-hybridized carbons (Fsp3) is 0.900. The van der Waals surface area contributed by atoms with Crippen LogP contribution in [0, 0.1) is 5.92 Å². The zero-order chi connectivity index (χ0) is 9.68. The first-order valence-corrected chi connectivity index (χ1v) is 5.19. The third-order valence-corrected chi connectivity index (χ3v) is 2.68. The van der Waals surface area contributed by atoms with Crippen LogP contribution in [-0.4, -0.2) is 35.6 Å². The van der Waals surface area contributed by atoms with Gasteiger partial charge in [0.05, 0.1) is 5.92 Å². The van der Waals surface area contributed by atoms with Crippen LogP contribution in [0.2, 0.25) is 0 Å². The minimum Gasteiger partial charge on any atom is -0.481 e. The summed E-state index contributed by atoms with van der Waals surface area (Å²) in [5, 5.41) is 8.85. The standard InChI is InChI=1S/C10H19NO2/c1-2-3-6-11-7-4-5-9(8-11)10(12)13/h9H,2-8H2,1H3,(H,12,13)/t9-/m0/s1. The van der Waals surface area contributed by atoms with Crippen molar-refractivity contribution in [1.82, 2.24) is 4.90 Å². The van der Waals surface area contributed by atoms with E-state index in [4.69, 9.17) is 5.11 Å². The number of nitrogens with zero attached hydrogens (tertiary/aromatic N) is 1. The van der Waals surface area contributed by atoms with Gasteiger partial charge in [-0.3, -0.25) is 4.79 Å². The number of carbonyl (C=O) groups is 1. The maximum absolute atomic E-state index is 10.7. The molecule has 1 rings (SSSR count). The van der Waals surface area contributed by atoms with E-state index in [1.165, 1.54) is 12.8 Å². The Hall–Kier alpha value is -0.570. The van der Waals surface area contributed by atoms with Gasteiger partial charge in [0.1, 0.15) is 0 Å². The molecule has 1 heterocycles. The van der Waals surface area contributed by atoms with E-state index in [2.05, 4.69) is 11.8 Å². The number of carboxylic acid groups (broad SMARTS) is 1. The van der Waals surface area contributed by atoms with Crippen molar-refractivity contribution in [1.29, 1.82) is 0 Å². The van der Waals surface area contributed by atoms with Crippen molar-refractivity contribution in [2.45, 2.75) is 32.6 Å². The predicted molar refractivity (Wildman–Crippen MR) is 51.7 cm³/mol. The number of hydrogen-bond acceptors (Lipinski definition) is 2. The molecule has 1 N–H and O–H groups in total. The second-order valence-corrected chi connectivity index (χ2v) is 3.83. The van der Waals surface area contributed by atoms with Gasteiger partial charge >= 0.3 is 5.97 Å². The summed E-state index contributed by atoms with van der Waals surface area (Å²) in [6.07, 6.45) is 4.28. The third kappa shape index (κ3) is 3.35. The highest BCUT2D eigenvalue weighted by Crippen LogP contribution is 2.16. The summed E-state index contributed by atoms with van der Waals surface area (Å²) in [5.74, 6) is -0.744. The Labute approximate surface area is 79.7 Å². The van der Waals surface area contributed by atoms with Gasteiger partial charge in [-0.2, -0.15) is 0 Å². The molecule has 76 valence electrons. The van der Waals surface area contributed by atoms with Crippen molar-refractivity contribution in [2.75, 3.05) is 19.6 Å². The average Bonchev–Trinajstić information content (AvgIpc) is 2.15. The molecule has 0 spiro atoms. The Morgan fingerprint density at radius 2 is 2.38 bits per heavy atom. The summed E-state index contributed by atoms with van der Waals surface area (Å²) in [6.45, 7) is 5.08. The quantitative estimate of drug-likeness (QED) is 0.723. The summed E-state index contributed by atoms with van der Waals surface area (Å²) < 4.78 is 0. The minimum atomic E-state index is -0.624. The van der Waals surface area contributed by atoms with Gasteiger partial charge in [0, 0.05) is 6.54 Å². The molecule has 0 aromatic carbocycles. The monoisotopic (exact) mass is 185 g/mol. The van der Waals surface area contributed by atoms with Gasteiger partial charge in [0.15, 0.2) is 0 Å². The average molecular weight is 185 g/mol. The number of aliphatic carboxylic acids is 1. The number of unbranched alkanes of at least 4 members (excludes halogenated alkanes) is 1. The maximum atomic E-state index is 10.7. The first kappa shape index (κ1) is 10.5. The molecule has 3 nitrogen and oxygen atoms in total. The molecule has 0 saturated carbocycles. The van der Waals surface area contributed by atoms with Crippen LogP contribution < -0.4 is 0 Å². The van der Waals surface area contributed by atoms with E-state index in [-0.39, 0.29) is 5.92 Å². The molecular formula is C10H19NO2. The van der Waals surface area contributed by atoms with E-state index in [0.29, 0.717) is 0 Å². The Morgan fingerprint density at radius 3 is 3.00 bits per heavy atom. The zero-order valence-corrected chi connectivity index (χ0v) is 8.33. The fourth-order valence-corrected chi connectivity index (χ4v) is 1.84. The number of rotatable bonds is 4. The molecule has 0 radical (unpaired) electrons. The van der Waals surface area contributed by atoms with Crippen LogP contribution in [-0.2, 0) is 4.79 Å². The highest BCUT2D eigenvalue weighted by molar-refractivity contribution is 5.70. The highest BCUT2D eigenvalue weighted by atomic mass is 16.4. The van der Waals surface area contributed by atoms with Crippen LogP contribution in [0.25, 0.3) is 0 Å². The number of piperidine rings is 1. The first-order valence-electron chi connectivity index (χ1n) is 5.19. The van der Waals surface area contributed by atoms with Crippen LogP contribution >= 0.6 is 0 Å². The molecule has 13 heavy (non-hydrogen) atoms. The molecule has 1 aliphatic heterocycles. The summed E-state index contributed by atoms with van der Waals surface area (Å²) in [6, 6.07) is 0. The minimum absolute atomic E-state index is 0.120. The summed E-state index contributed by atoms with van der Waals surface area (Å²) in [5.41, 5.74) is 0. The van der Waals surface area contributed by atoms with Crippen molar-refractivity contribution in [3.8, 4) is 0 Å². The molecule has 0 bridgehead atoms. The van der Waals surface area contributed by atoms with Gasteiger partial charge < -0.3 is 10.0 Å². The normalized spacial score (nSPS) is 24.5. The van der Waals surface area contributed by atoms with E-state index in [9.17, 15) is 4.79 Å². The molecule has 1 saturated heterocycles. The smallest absolute Gasteiger partial charge is 0.307 e. The molecule has 3 heteroatoms. The van der Waals surface area contributed by atoms with Crippen molar-refractivity contribution in [3.63, 3.8) is 0 Å². The first-order chi connectivity index (χ1) is 6.24. The molecular weight excluding hydrogens is 166 g/mol. The Kier molecular flexibility index (Phi) is 4.22. The summed E-state index contributed by atoms with van der Waals surface area (Å²) in [4.78, 5) is 13.0. The lowest BCUT2D eigenvalue weighted by molar-refractivity contribution is -0.143. The van der Waals surface area contributed by atoms with Gasteiger partial charge in [-0.05, 0) is 32.4 Å². The maximum Gasteiger partial charge on any atom is 0.307 e. The van der Waals surface area contributed by atoms with E-state index in [1.807, 2.05) is 0 Å². The predicted octanol–water partition coefficient (Wildman–Crippen LogP) is 1.58. The molecule has 1 fully saturated rings. The van der Waals surface area contributed by atoms with Gasteiger partial charge in [0.25, 0.3) is 0 Å². The van der Waals surface area contributed by atoms with Crippen LogP contribution in [0.15, 0.2) is 0 Å². The van der Waals surface area contributed by atoms with E-state index in [0.717, 1.165) is 32.5 Å². The second kappa shape index (κ2) is 5.22. The molecule has 1 atom stereocenters. The van der Waals surface area contributed by atoms with Crippen LogP contribution in [0.1, 0.15) is 32.6 Å². The van der Waals surface area contributed by atoms with Crippen LogP contribution in [0.3, 0.4) is 0 Å². The lowest BCUT2D eigenvalue weighted by Crippen LogP contribution is -2.39. The SMILES string of the molecule is CCCCN1CCC[C@H](C(=O)O)C1. The molecule has 0 amide bonds. The highest BCUT2D eigenvalue weighted by Gasteiger charge is 2.24. The van der Waals surface area contributed by atoms with Gasteiger partial charge in [-0.1, -0.05) is 13.3 Å². The van der Waals surface area contributed by atoms with Gasteiger partial charge in [-0.15, -0.1) is 0 Å². The van der Waals surface area contributed by atoms with Gasteiger partial charge in [-0.25, -0.2) is 0 Å². The Bertz CT molecular complexity index is 170. The largest absolute Gasteiger partial charge is 0.481 e. The lowest BCUT2D eigenvalue weighted by atomic mass is 9.98. The van der Waals surface area contributed by atoms with Crippen LogP contribution in [0.4, 0.5) is 0 Å². The number of carboxylic acids is 1. The van der Waals surface area contributed by atoms with Crippen molar-refractivity contribution in [3.05, 3.63) is 0 Å². The third-order valence-electron chi connectivity index (χ3n) is 2.68. The fourth-order valence-electron chi connectivity index (χ4n) is 1.84. The van der Waals surface area contributed by atoms with Crippen molar-refractivity contribution in [2.24, 2.45) is 5.92 Å². The number of likely N-dealkylation sites (tertiary alicyclic amines) is 1. The zero-order valence-electron chi connectivity index (χ0n) is 8.33. The Morgan fingerprint density at radius 1 is 1.62 bits per heavy atom. The molecule has 0 unspecified atom stereocenters. The van der Waals surface area contributed by atoms with E-state index < -0.39 is 5.97 Å². The van der Waals surface area contributed by atoms with E-state index in [1.54, 1.807) is 0 Å². The summed E-state index contributed by atoms with van der Waals surface area (Å²) >= 11 is 0. The van der Waals surface area contributed by atoms with Crippen molar-refractivity contribution >= 4 is 5.97 Å². The number of hydrogen-bond donors (Lipinski definition) is 1. The molecule has 0 aliphatic carbocycles. The molecule has 1 aliphatic rings. The molecule has 0 aromatic heterocycles.